The molecule has 0 saturated carbocycles. The third-order valence-electron chi connectivity index (χ3n) is 4.65. The second-order valence-electron chi connectivity index (χ2n) is 7.99. The molecule has 2 aromatic carbocycles. The highest BCUT2D eigenvalue weighted by Gasteiger charge is 2.24. The third kappa shape index (κ3) is 5.79. The monoisotopic (exact) mass is 497 g/mol. The Kier molecular flexibility index (Phi) is 7.25. The molecule has 178 valence electrons. The molecule has 0 spiro atoms. The summed E-state index contributed by atoms with van der Waals surface area (Å²) in [6.07, 6.45) is 1.35. The van der Waals surface area contributed by atoms with Gasteiger partial charge in [0, 0.05) is 30.1 Å². The summed E-state index contributed by atoms with van der Waals surface area (Å²) in [4.78, 5) is -0.192. The van der Waals surface area contributed by atoms with Crippen LogP contribution in [0.4, 0.5) is 14.5 Å². The van der Waals surface area contributed by atoms with Crippen molar-refractivity contribution in [3.63, 3.8) is 0 Å². The van der Waals surface area contributed by atoms with Gasteiger partial charge >= 0.3 is 0 Å². The highest BCUT2D eigenvalue weighted by atomic mass is 32.2. The predicted molar refractivity (Wildman–Crippen MR) is 124 cm³/mol. The van der Waals surface area contributed by atoms with E-state index in [1.807, 2.05) is 0 Å². The van der Waals surface area contributed by atoms with Crippen molar-refractivity contribution in [2.45, 2.75) is 25.3 Å². The fourth-order valence-electron chi connectivity index (χ4n) is 3.38. The fourth-order valence-corrected chi connectivity index (χ4v) is 6.27. The van der Waals surface area contributed by atoms with Crippen LogP contribution in [0.1, 0.15) is 19.4 Å². The van der Waals surface area contributed by atoms with E-state index in [-0.39, 0.29) is 33.5 Å². The Morgan fingerprint density at radius 3 is 2.36 bits per heavy atom. The molecule has 0 atom stereocenters. The van der Waals surface area contributed by atoms with Crippen LogP contribution in [0.15, 0.2) is 59.6 Å². The molecule has 1 aromatic heterocycles. The molecule has 11 heteroatoms. The van der Waals surface area contributed by atoms with Crippen LogP contribution < -0.4 is 10.0 Å². The smallest absolute Gasteiger partial charge is 0.268 e. The van der Waals surface area contributed by atoms with Crippen LogP contribution in [-0.2, 0) is 26.6 Å². The molecule has 0 fully saturated rings. The number of hydrogen-bond acceptors (Lipinski definition) is 5. The fraction of sp³-hybridized carbons (Fsp3) is 0.273. The minimum absolute atomic E-state index is 0.0172. The van der Waals surface area contributed by atoms with Gasteiger partial charge in [0.15, 0.2) is 0 Å². The van der Waals surface area contributed by atoms with E-state index in [0.717, 1.165) is 10.0 Å². The van der Waals surface area contributed by atoms with Crippen molar-refractivity contribution in [1.29, 1.82) is 0 Å². The van der Waals surface area contributed by atoms with Crippen LogP contribution in [0, 0.1) is 17.6 Å². The lowest BCUT2D eigenvalue weighted by Gasteiger charge is -2.14. The van der Waals surface area contributed by atoms with Crippen molar-refractivity contribution >= 4 is 25.7 Å². The Bertz CT molecular complexity index is 1370. The molecule has 33 heavy (non-hydrogen) atoms. The number of sulfonamides is 1. The first-order chi connectivity index (χ1) is 15.4. The molecule has 7 nitrogen and oxygen atoms in total. The Morgan fingerprint density at radius 2 is 1.73 bits per heavy atom. The molecule has 0 aliphatic rings. The van der Waals surface area contributed by atoms with Crippen molar-refractivity contribution in [1.82, 2.24) is 9.29 Å². The van der Waals surface area contributed by atoms with Gasteiger partial charge in [-0.3, -0.25) is 4.72 Å². The van der Waals surface area contributed by atoms with Crippen LogP contribution in [0.25, 0.3) is 11.3 Å². The molecule has 0 radical (unpaired) electrons. The first-order valence-electron chi connectivity index (χ1n) is 10.1. The first kappa shape index (κ1) is 24.9. The zero-order valence-corrected chi connectivity index (χ0v) is 20.0. The van der Waals surface area contributed by atoms with Gasteiger partial charge in [-0.05, 0) is 54.9 Å². The predicted octanol–water partition coefficient (Wildman–Crippen LogP) is 3.79. The molecule has 0 saturated heterocycles. The van der Waals surface area contributed by atoms with Crippen LogP contribution in [0.2, 0.25) is 0 Å². The van der Waals surface area contributed by atoms with E-state index in [4.69, 9.17) is 0 Å². The zero-order chi connectivity index (χ0) is 24.4. The van der Waals surface area contributed by atoms with Gasteiger partial charge in [0.1, 0.15) is 11.6 Å². The van der Waals surface area contributed by atoms with Crippen molar-refractivity contribution in [3.05, 3.63) is 71.9 Å². The second kappa shape index (κ2) is 9.62. The largest absolute Gasteiger partial charge is 0.316 e. The van der Waals surface area contributed by atoms with Gasteiger partial charge in [0.05, 0.1) is 16.3 Å². The van der Waals surface area contributed by atoms with Crippen LogP contribution in [0.5, 0.6) is 0 Å². The van der Waals surface area contributed by atoms with Gasteiger partial charge < -0.3 is 5.32 Å². The van der Waals surface area contributed by atoms with Gasteiger partial charge in [-0.15, -0.1) is 0 Å². The highest BCUT2D eigenvalue weighted by Crippen LogP contribution is 2.30. The number of halogens is 2. The SMILES string of the molecule is CNCc1cc(-c2ccc(F)cc2F)n(S(=O)(=O)c2cccc(NS(=O)(=O)CC(C)C)c2)c1. The van der Waals surface area contributed by atoms with Crippen molar-refractivity contribution in [3.8, 4) is 11.3 Å². The summed E-state index contributed by atoms with van der Waals surface area (Å²) >= 11 is 0. The average molecular weight is 498 g/mol. The Hall–Kier alpha value is -2.76. The van der Waals surface area contributed by atoms with Gasteiger partial charge in [0.25, 0.3) is 10.0 Å². The highest BCUT2D eigenvalue weighted by molar-refractivity contribution is 7.92. The summed E-state index contributed by atoms with van der Waals surface area (Å²) in [6.45, 7) is 3.82. The van der Waals surface area contributed by atoms with E-state index in [9.17, 15) is 25.6 Å². The Labute approximate surface area is 192 Å². The molecule has 3 aromatic rings. The van der Waals surface area contributed by atoms with Gasteiger partial charge in [-0.25, -0.2) is 29.6 Å². The number of rotatable bonds is 9. The second-order valence-corrected chi connectivity index (χ2v) is 11.6. The summed E-state index contributed by atoms with van der Waals surface area (Å²) in [5.74, 6) is -1.93. The minimum atomic E-state index is -4.25. The zero-order valence-electron chi connectivity index (χ0n) is 18.3. The van der Waals surface area contributed by atoms with E-state index >= 15 is 0 Å². The molecule has 3 rings (SSSR count). The maximum atomic E-state index is 14.5. The van der Waals surface area contributed by atoms with Crippen LogP contribution in [0.3, 0.4) is 0 Å². The maximum absolute atomic E-state index is 14.5. The van der Waals surface area contributed by atoms with E-state index in [1.165, 1.54) is 42.6 Å². The lowest BCUT2D eigenvalue weighted by molar-refractivity contribution is 0.582. The average Bonchev–Trinajstić information content (AvgIpc) is 3.11. The first-order valence-corrected chi connectivity index (χ1v) is 13.2. The van der Waals surface area contributed by atoms with Crippen molar-refractivity contribution in [2.75, 3.05) is 17.5 Å². The van der Waals surface area contributed by atoms with Gasteiger partial charge in [0.2, 0.25) is 10.0 Å². The summed E-state index contributed by atoms with van der Waals surface area (Å²) in [6, 6.07) is 9.78. The molecule has 0 unspecified atom stereocenters. The Balaban J connectivity index is 2.09. The molecular formula is C22H25F2N3O4S2. The number of hydrogen-bond donors (Lipinski definition) is 2. The summed E-state index contributed by atoms with van der Waals surface area (Å²) in [7, 11) is -6.24. The van der Waals surface area contributed by atoms with Crippen LogP contribution in [-0.4, -0.2) is 33.6 Å². The van der Waals surface area contributed by atoms with Crippen LogP contribution >= 0.6 is 0 Å². The van der Waals surface area contributed by atoms with Crippen molar-refractivity contribution in [2.24, 2.45) is 5.92 Å². The molecule has 0 bridgehead atoms. The summed E-state index contributed by atoms with van der Waals surface area (Å²) in [5, 5.41) is 2.90. The van der Waals surface area contributed by atoms with Crippen molar-refractivity contribution < 1.29 is 25.6 Å². The molecule has 2 N–H and O–H groups in total. The summed E-state index contributed by atoms with van der Waals surface area (Å²) in [5.41, 5.74) is 0.585. The molecule has 1 heterocycles. The number of benzene rings is 2. The quantitative estimate of drug-likeness (QED) is 0.469. The number of aromatic nitrogens is 1. The van der Waals surface area contributed by atoms with Gasteiger partial charge in [-0.2, -0.15) is 0 Å². The van der Waals surface area contributed by atoms with E-state index in [0.29, 0.717) is 18.2 Å². The summed E-state index contributed by atoms with van der Waals surface area (Å²) < 4.78 is 82.8. The number of nitrogens with one attached hydrogen (secondary N) is 2. The van der Waals surface area contributed by atoms with Gasteiger partial charge in [-0.1, -0.05) is 19.9 Å². The molecule has 0 aliphatic heterocycles. The lowest BCUT2D eigenvalue weighted by Crippen LogP contribution is -2.20. The number of nitrogens with zero attached hydrogens (tertiary/aromatic N) is 1. The third-order valence-corrected chi connectivity index (χ3v) is 7.97. The maximum Gasteiger partial charge on any atom is 0.268 e. The molecule has 0 aliphatic carbocycles. The minimum Gasteiger partial charge on any atom is -0.316 e. The normalized spacial score (nSPS) is 12.3. The standard InChI is InChI=1S/C22H25F2N3O4S2/c1-15(2)14-32(28,29)26-18-5-4-6-19(11-18)33(30,31)27-13-16(12-25-3)9-22(27)20-8-7-17(23)10-21(20)24/h4-11,13,15,25-26H,12,14H2,1-3H3. The van der Waals surface area contributed by atoms with E-state index in [1.54, 1.807) is 20.9 Å². The van der Waals surface area contributed by atoms with E-state index in [2.05, 4.69) is 10.0 Å². The Morgan fingerprint density at radius 1 is 1.00 bits per heavy atom. The van der Waals surface area contributed by atoms with E-state index < -0.39 is 31.7 Å². The topological polar surface area (TPSA) is 97.3 Å². The molecule has 0 amide bonds. The lowest BCUT2D eigenvalue weighted by atomic mass is 10.1. The molecular weight excluding hydrogens is 472 g/mol. The number of anilines is 1.